The first-order chi connectivity index (χ1) is 14.4. The number of rotatable bonds is 6. The Morgan fingerprint density at radius 2 is 1.83 bits per heavy atom. The van der Waals surface area contributed by atoms with Crippen molar-refractivity contribution in [2.24, 2.45) is 0 Å². The van der Waals surface area contributed by atoms with Crippen LogP contribution in [0.3, 0.4) is 0 Å². The molecule has 3 rings (SSSR count). The van der Waals surface area contributed by atoms with E-state index in [0.29, 0.717) is 16.7 Å². The van der Waals surface area contributed by atoms with Crippen molar-refractivity contribution in [3.8, 4) is 11.8 Å². The molecule has 0 saturated carbocycles. The van der Waals surface area contributed by atoms with E-state index in [1.165, 1.54) is 30.3 Å². The summed E-state index contributed by atoms with van der Waals surface area (Å²) in [6, 6.07) is 17.0. The molecular formula is C22H13Cl2FN2O3. The van der Waals surface area contributed by atoms with Crippen LogP contribution in [0.1, 0.15) is 16.7 Å². The zero-order chi connectivity index (χ0) is 21.7. The summed E-state index contributed by atoms with van der Waals surface area (Å²) in [4.78, 5) is 10.4. The van der Waals surface area contributed by atoms with Crippen LogP contribution in [-0.4, -0.2) is 4.92 Å². The molecule has 0 aromatic heterocycles. The van der Waals surface area contributed by atoms with E-state index in [0.717, 1.165) is 0 Å². The minimum absolute atomic E-state index is 0.0571. The van der Waals surface area contributed by atoms with Crippen molar-refractivity contribution in [2.45, 2.75) is 6.61 Å². The Bertz CT molecular complexity index is 1170. The highest BCUT2D eigenvalue weighted by molar-refractivity contribution is 6.37. The molecule has 3 aromatic rings. The molecule has 0 spiro atoms. The van der Waals surface area contributed by atoms with E-state index < -0.39 is 10.7 Å². The SMILES string of the molecule is N#C/C(=C/c1cc(Cl)c(OCc2ccccc2F)c(Cl)c1)c1cccc([N+](=O)[O-])c1. The molecule has 0 fully saturated rings. The van der Waals surface area contributed by atoms with Gasteiger partial charge in [-0.15, -0.1) is 0 Å². The molecule has 0 N–H and O–H groups in total. The van der Waals surface area contributed by atoms with Crippen molar-refractivity contribution >= 4 is 40.5 Å². The van der Waals surface area contributed by atoms with Gasteiger partial charge in [0.05, 0.1) is 26.6 Å². The predicted molar refractivity (Wildman–Crippen MR) is 114 cm³/mol. The van der Waals surface area contributed by atoms with E-state index in [1.807, 2.05) is 6.07 Å². The number of allylic oxidation sites excluding steroid dienone is 1. The topological polar surface area (TPSA) is 76.2 Å². The molecule has 5 nitrogen and oxygen atoms in total. The van der Waals surface area contributed by atoms with E-state index in [-0.39, 0.29) is 33.7 Å². The molecule has 0 atom stereocenters. The van der Waals surface area contributed by atoms with Gasteiger partial charge < -0.3 is 4.74 Å². The number of hydrogen-bond donors (Lipinski definition) is 0. The van der Waals surface area contributed by atoms with Crippen LogP contribution in [0.4, 0.5) is 10.1 Å². The molecule has 0 radical (unpaired) electrons. The van der Waals surface area contributed by atoms with Gasteiger partial charge in [0.15, 0.2) is 5.75 Å². The number of hydrogen-bond acceptors (Lipinski definition) is 4. The maximum atomic E-state index is 13.8. The lowest BCUT2D eigenvalue weighted by Crippen LogP contribution is -1.99. The fourth-order valence-electron chi connectivity index (χ4n) is 2.70. The fourth-order valence-corrected chi connectivity index (χ4v) is 3.31. The standard InChI is InChI=1S/C22H13Cl2FN2O3/c23-19-9-14(8-17(12-26)15-5-3-6-18(11-15)27(28)29)10-20(24)22(19)30-13-16-4-1-2-7-21(16)25/h1-11H,13H2/b17-8-. The van der Waals surface area contributed by atoms with Crippen LogP contribution in [0.25, 0.3) is 11.6 Å². The number of nitro groups is 1. The summed E-state index contributed by atoms with van der Waals surface area (Å²) in [7, 11) is 0. The summed E-state index contributed by atoms with van der Waals surface area (Å²) in [5, 5.41) is 20.8. The average Bonchev–Trinajstić information content (AvgIpc) is 2.72. The first-order valence-electron chi connectivity index (χ1n) is 8.61. The summed E-state index contributed by atoms with van der Waals surface area (Å²) in [6.07, 6.45) is 1.51. The molecule has 8 heteroatoms. The summed E-state index contributed by atoms with van der Waals surface area (Å²) >= 11 is 12.6. The highest BCUT2D eigenvalue weighted by Gasteiger charge is 2.13. The maximum Gasteiger partial charge on any atom is 0.270 e. The molecule has 0 saturated heterocycles. The average molecular weight is 443 g/mol. The van der Waals surface area contributed by atoms with Gasteiger partial charge in [-0.2, -0.15) is 5.26 Å². The second-order valence-electron chi connectivity index (χ2n) is 6.17. The smallest absolute Gasteiger partial charge is 0.270 e. The van der Waals surface area contributed by atoms with Gasteiger partial charge >= 0.3 is 0 Å². The van der Waals surface area contributed by atoms with Crippen LogP contribution in [0.15, 0.2) is 60.7 Å². The van der Waals surface area contributed by atoms with Gasteiger partial charge in [-0.25, -0.2) is 4.39 Å². The quantitative estimate of drug-likeness (QED) is 0.184. The maximum absolute atomic E-state index is 13.8. The number of halogens is 3. The van der Waals surface area contributed by atoms with Crippen LogP contribution < -0.4 is 4.74 Å². The highest BCUT2D eigenvalue weighted by Crippen LogP contribution is 2.36. The molecule has 0 aliphatic carbocycles. The second-order valence-corrected chi connectivity index (χ2v) is 6.99. The number of nitriles is 1. The Kier molecular flexibility index (Phi) is 6.68. The van der Waals surface area contributed by atoms with Crippen LogP contribution in [0.5, 0.6) is 5.75 Å². The molecule has 0 aliphatic rings. The fraction of sp³-hybridized carbons (Fsp3) is 0.0455. The Hall–Kier alpha value is -3.40. The lowest BCUT2D eigenvalue weighted by Gasteiger charge is -2.11. The number of nitrogens with zero attached hydrogens (tertiary/aromatic N) is 2. The van der Waals surface area contributed by atoms with Gasteiger partial charge in [0.1, 0.15) is 12.4 Å². The molecule has 0 amide bonds. The minimum Gasteiger partial charge on any atom is -0.486 e. The monoisotopic (exact) mass is 442 g/mol. The van der Waals surface area contributed by atoms with Gasteiger partial charge in [-0.1, -0.05) is 53.5 Å². The molecule has 30 heavy (non-hydrogen) atoms. The molecule has 150 valence electrons. The number of ether oxygens (including phenoxy) is 1. The number of benzene rings is 3. The number of nitro benzene ring substituents is 1. The van der Waals surface area contributed by atoms with Gasteiger partial charge in [0, 0.05) is 17.7 Å². The van der Waals surface area contributed by atoms with Gasteiger partial charge in [0.2, 0.25) is 0 Å². The van der Waals surface area contributed by atoms with Crippen molar-refractivity contribution in [3.05, 3.63) is 103 Å². The van der Waals surface area contributed by atoms with E-state index in [1.54, 1.807) is 36.4 Å². The Morgan fingerprint density at radius 3 is 2.47 bits per heavy atom. The van der Waals surface area contributed by atoms with Crippen molar-refractivity contribution in [2.75, 3.05) is 0 Å². The summed E-state index contributed by atoms with van der Waals surface area (Å²) < 4.78 is 19.3. The zero-order valence-electron chi connectivity index (χ0n) is 15.3. The summed E-state index contributed by atoms with van der Waals surface area (Å²) in [5.74, 6) is -0.215. The Labute approximate surface area is 181 Å². The van der Waals surface area contributed by atoms with Crippen LogP contribution in [0, 0.1) is 27.3 Å². The second kappa shape index (κ2) is 9.40. The highest BCUT2D eigenvalue weighted by atomic mass is 35.5. The minimum atomic E-state index is -0.534. The number of non-ortho nitro benzene ring substituents is 1. The summed E-state index contributed by atoms with van der Waals surface area (Å²) in [5.41, 5.74) is 1.32. The predicted octanol–water partition coefficient (Wildman–Crippen LogP) is 6.68. The van der Waals surface area contributed by atoms with Crippen LogP contribution in [0.2, 0.25) is 10.0 Å². The molecule has 0 unspecified atom stereocenters. The van der Waals surface area contributed by atoms with Gasteiger partial charge in [0.25, 0.3) is 5.69 Å². The third kappa shape index (κ3) is 4.95. The lowest BCUT2D eigenvalue weighted by molar-refractivity contribution is -0.384. The van der Waals surface area contributed by atoms with E-state index in [4.69, 9.17) is 27.9 Å². The Balaban J connectivity index is 1.88. The van der Waals surface area contributed by atoms with Gasteiger partial charge in [-0.3, -0.25) is 10.1 Å². The first-order valence-corrected chi connectivity index (χ1v) is 9.36. The molecular weight excluding hydrogens is 430 g/mol. The van der Waals surface area contributed by atoms with Crippen molar-refractivity contribution in [1.29, 1.82) is 5.26 Å². The summed E-state index contributed by atoms with van der Waals surface area (Å²) in [6.45, 7) is -0.0571. The van der Waals surface area contributed by atoms with Crippen LogP contribution in [-0.2, 0) is 6.61 Å². The first kappa shape index (κ1) is 21.3. The third-order valence-electron chi connectivity index (χ3n) is 4.15. The zero-order valence-corrected chi connectivity index (χ0v) is 16.8. The van der Waals surface area contributed by atoms with Crippen LogP contribution >= 0.6 is 23.2 Å². The third-order valence-corrected chi connectivity index (χ3v) is 4.71. The van der Waals surface area contributed by atoms with E-state index in [9.17, 15) is 19.8 Å². The van der Waals surface area contributed by atoms with Crippen molar-refractivity contribution in [1.82, 2.24) is 0 Å². The molecule has 0 aliphatic heterocycles. The van der Waals surface area contributed by atoms with Gasteiger partial charge in [-0.05, 0) is 35.4 Å². The Morgan fingerprint density at radius 1 is 1.13 bits per heavy atom. The molecule has 0 heterocycles. The van der Waals surface area contributed by atoms with Crippen molar-refractivity contribution < 1.29 is 14.1 Å². The lowest BCUT2D eigenvalue weighted by atomic mass is 10.0. The largest absolute Gasteiger partial charge is 0.486 e. The molecule has 0 bridgehead atoms. The molecule has 3 aromatic carbocycles. The van der Waals surface area contributed by atoms with E-state index >= 15 is 0 Å². The normalized spacial score (nSPS) is 11.1. The van der Waals surface area contributed by atoms with E-state index in [2.05, 4.69) is 0 Å². The van der Waals surface area contributed by atoms with Crippen molar-refractivity contribution in [3.63, 3.8) is 0 Å².